The first kappa shape index (κ1) is 14.9. The zero-order valence-corrected chi connectivity index (χ0v) is 12.6. The zero-order valence-electron chi connectivity index (χ0n) is 12.6. The van der Waals surface area contributed by atoms with Gasteiger partial charge in [0.25, 0.3) is 0 Å². The number of nitrogens with zero attached hydrogens (tertiary/aromatic N) is 1. The molecule has 2 rings (SSSR count). The van der Waals surface area contributed by atoms with E-state index in [2.05, 4.69) is 48.4 Å². The molecule has 0 spiro atoms. The number of ether oxygens (including phenoxy) is 1. The van der Waals surface area contributed by atoms with Crippen LogP contribution in [0.4, 0.5) is 0 Å². The van der Waals surface area contributed by atoms with E-state index in [0.29, 0.717) is 0 Å². The van der Waals surface area contributed by atoms with Gasteiger partial charge in [-0.15, -0.1) is 0 Å². The molecule has 0 aliphatic heterocycles. The van der Waals surface area contributed by atoms with Gasteiger partial charge in [0.1, 0.15) is 0 Å². The Bertz CT molecular complexity index is 546. The fourth-order valence-electron chi connectivity index (χ4n) is 2.31. The topological polar surface area (TPSA) is 34.1 Å². The van der Waals surface area contributed by atoms with Crippen molar-refractivity contribution in [1.82, 2.24) is 10.3 Å². The van der Waals surface area contributed by atoms with Crippen LogP contribution < -0.4 is 5.32 Å². The van der Waals surface area contributed by atoms with E-state index >= 15 is 0 Å². The van der Waals surface area contributed by atoms with Crippen molar-refractivity contribution in [3.05, 3.63) is 42.1 Å². The Kier molecular flexibility index (Phi) is 5.10. The summed E-state index contributed by atoms with van der Waals surface area (Å²) in [5.41, 5.74) is 2.59. The number of methoxy groups -OCH3 is 1. The fourth-order valence-corrected chi connectivity index (χ4v) is 2.31. The molecule has 0 fully saturated rings. The Labute approximate surface area is 121 Å². The third kappa shape index (κ3) is 4.02. The van der Waals surface area contributed by atoms with Crippen LogP contribution in [0.25, 0.3) is 10.9 Å². The lowest BCUT2D eigenvalue weighted by Crippen LogP contribution is -2.30. The van der Waals surface area contributed by atoms with Crippen LogP contribution in [0.1, 0.15) is 25.8 Å². The average molecular weight is 272 g/mol. The van der Waals surface area contributed by atoms with Crippen LogP contribution in [0.5, 0.6) is 0 Å². The molecule has 0 saturated carbocycles. The van der Waals surface area contributed by atoms with Crippen LogP contribution in [-0.4, -0.2) is 25.2 Å². The number of rotatable bonds is 7. The molecule has 1 aromatic carbocycles. The summed E-state index contributed by atoms with van der Waals surface area (Å²) in [7, 11) is 1.76. The number of fused-ring (bicyclic) bond motifs is 1. The number of para-hydroxylation sites is 1. The number of hydrogen-bond acceptors (Lipinski definition) is 3. The predicted octanol–water partition coefficient (Wildman–Crippen LogP) is 3.39. The first-order valence-electron chi connectivity index (χ1n) is 7.15. The van der Waals surface area contributed by atoms with E-state index in [1.165, 1.54) is 10.9 Å². The van der Waals surface area contributed by atoms with Crippen LogP contribution in [0.2, 0.25) is 0 Å². The van der Waals surface area contributed by atoms with Gasteiger partial charge in [-0.2, -0.15) is 0 Å². The molecule has 1 aromatic heterocycles. The molecule has 20 heavy (non-hydrogen) atoms. The van der Waals surface area contributed by atoms with Crippen molar-refractivity contribution in [2.45, 2.75) is 26.8 Å². The van der Waals surface area contributed by atoms with Crippen LogP contribution in [0.3, 0.4) is 0 Å². The second-order valence-electron chi connectivity index (χ2n) is 6.00. The summed E-state index contributed by atoms with van der Waals surface area (Å²) in [6.07, 6.45) is 2.92. The van der Waals surface area contributed by atoms with Gasteiger partial charge in [-0.05, 0) is 23.5 Å². The summed E-state index contributed by atoms with van der Waals surface area (Å²) in [4.78, 5) is 4.49. The maximum Gasteiger partial charge on any atom is 0.0746 e. The minimum Gasteiger partial charge on any atom is -0.385 e. The molecule has 0 bridgehead atoms. The lowest BCUT2D eigenvalue weighted by atomic mass is 9.89. The van der Waals surface area contributed by atoms with Gasteiger partial charge < -0.3 is 10.1 Å². The molecule has 108 valence electrons. The minimum atomic E-state index is 0.244. The van der Waals surface area contributed by atoms with Crippen LogP contribution >= 0.6 is 0 Å². The van der Waals surface area contributed by atoms with Crippen molar-refractivity contribution in [3.8, 4) is 0 Å². The molecule has 2 aromatic rings. The van der Waals surface area contributed by atoms with Gasteiger partial charge in [-0.25, -0.2) is 0 Å². The highest BCUT2D eigenvalue weighted by atomic mass is 16.5. The highest BCUT2D eigenvalue weighted by Gasteiger charge is 2.16. The molecule has 0 amide bonds. The lowest BCUT2D eigenvalue weighted by molar-refractivity contribution is 0.150. The van der Waals surface area contributed by atoms with Crippen molar-refractivity contribution >= 4 is 10.9 Å². The molecule has 1 heterocycles. The molecule has 0 radical (unpaired) electrons. The largest absolute Gasteiger partial charge is 0.385 e. The van der Waals surface area contributed by atoms with E-state index in [0.717, 1.165) is 31.6 Å². The first-order chi connectivity index (χ1) is 9.62. The van der Waals surface area contributed by atoms with Gasteiger partial charge in [-0.3, -0.25) is 4.98 Å². The van der Waals surface area contributed by atoms with Crippen molar-refractivity contribution < 1.29 is 4.74 Å². The van der Waals surface area contributed by atoms with Crippen molar-refractivity contribution in [1.29, 1.82) is 0 Å². The Morgan fingerprint density at radius 3 is 2.80 bits per heavy atom. The predicted molar refractivity (Wildman–Crippen MR) is 83.7 cm³/mol. The summed E-state index contributed by atoms with van der Waals surface area (Å²) in [5, 5.41) is 4.75. The Morgan fingerprint density at radius 1 is 1.20 bits per heavy atom. The average Bonchev–Trinajstić information content (AvgIpc) is 2.45. The van der Waals surface area contributed by atoms with E-state index in [-0.39, 0.29) is 5.41 Å². The molecular formula is C17H24N2O. The quantitative estimate of drug-likeness (QED) is 0.839. The first-order valence-corrected chi connectivity index (χ1v) is 7.15. The molecule has 3 nitrogen and oxygen atoms in total. The molecule has 3 heteroatoms. The second-order valence-corrected chi connectivity index (χ2v) is 6.00. The van der Waals surface area contributed by atoms with Gasteiger partial charge in [0.15, 0.2) is 0 Å². The minimum absolute atomic E-state index is 0.244. The third-order valence-corrected chi connectivity index (χ3v) is 3.62. The normalized spacial score (nSPS) is 11.9. The highest BCUT2D eigenvalue weighted by molar-refractivity contribution is 5.81. The monoisotopic (exact) mass is 272 g/mol. The maximum atomic E-state index is 5.16. The van der Waals surface area contributed by atoms with E-state index < -0.39 is 0 Å². The van der Waals surface area contributed by atoms with E-state index in [9.17, 15) is 0 Å². The second kappa shape index (κ2) is 6.82. The van der Waals surface area contributed by atoms with Crippen LogP contribution in [0, 0.1) is 5.41 Å². The lowest BCUT2D eigenvalue weighted by Gasteiger charge is -2.24. The standard InChI is InChI=1S/C17H24N2O/c1-17(2,9-11-20-3)13-18-12-15-7-4-6-14-8-5-10-19-16(14)15/h4-8,10,18H,9,11-13H2,1-3H3. The summed E-state index contributed by atoms with van der Waals surface area (Å²) >= 11 is 0. The molecule has 1 N–H and O–H groups in total. The van der Waals surface area contributed by atoms with Crippen molar-refractivity contribution in [2.75, 3.05) is 20.3 Å². The Balaban J connectivity index is 1.96. The van der Waals surface area contributed by atoms with Gasteiger partial charge in [0, 0.05) is 38.4 Å². The molecule has 0 aliphatic rings. The SMILES string of the molecule is COCCC(C)(C)CNCc1cccc2cccnc12. The van der Waals surface area contributed by atoms with E-state index in [4.69, 9.17) is 4.74 Å². The van der Waals surface area contributed by atoms with Gasteiger partial charge in [0.05, 0.1) is 5.52 Å². The van der Waals surface area contributed by atoms with E-state index in [1.54, 1.807) is 7.11 Å². The molecule has 0 aliphatic carbocycles. The highest BCUT2D eigenvalue weighted by Crippen LogP contribution is 2.20. The third-order valence-electron chi connectivity index (χ3n) is 3.62. The maximum absolute atomic E-state index is 5.16. The van der Waals surface area contributed by atoms with Crippen molar-refractivity contribution in [2.24, 2.45) is 5.41 Å². The molecule has 0 atom stereocenters. The summed E-state index contributed by atoms with van der Waals surface area (Å²) < 4.78 is 5.16. The smallest absolute Gasteiger partial charge is 0.0746 e. The summed E-state index contributed by atoms with van der Waals surface area (Å²) in [5.74, 6) is 0. The Hall–Kier alpha value is -1.45. The molecule has 0 unspecified atom stereocenters. The number of pyridine rings is 1. The van der Waals surface area contributed by atoms with Gasteiger partial charge in [0.2, 0.25) is 0 Å². The zero-order chi connectivity index (χ0) is 14.4. The van der Waals surface area contributed by atoms with Crippen LogP contribution in [-0.2, 0) is 11.3 Å². The van der Waals surface area contributed by atoms with E-state index in [1.807, 2.05) is 12.3 Å². The van der Waals surface area contributed by atoms with Crippen molar-refractivity contribution in [3.63, 3.8) is 0 Å². The molecule has 0 saturated heterocycles. The summed E-state index contributed by atoms with van der Waals surface area (Å²) in [6, 6.07) is 10.4. The number of hydrogen-bond donors (Lipinski definition) is 1. The van der Waals surface area contributed by atoms with Crippen LogP contribution in [0.15, 0.2) is 36.5 Å². The fraction of sp³-hybridized carbons (Fsp3) is 0.471. The van der Waals surface area contributed by atoms with Gasteiger partial charge in [-0.1, -0.05) is 38.1 Å². The Morgan fingerprint density at radius 2 is 2.00 bits per heavy atom. The number of benzene rings is 1. The number of aromatic nitrogens is 1. The molecular weight excluding hydrogens is 248 g/mol. The van der Waals surface area contributed by atoms with Gasteiger partial charge >= 0.3 is 0 Å². The summed E-state index contributed by atoms with van der Waals surface area (Å²) in [6.45, 7) is 7.16. The number of nitrogens with one attached hydrogen (secondary N) is 1.